The molecule has 0 heterocycles. The molecule has 0 aromatic heterocycles. The molecule has 0 aliphatic carbocycles. The second kappa shape index (κ2) is 6.63. The lowest BCUT2D eigenvalue weighted by atomic mass is 10.2. The molecule has 4 heteroatoms. The van der Waals surface area contributed by atoms with E-state index in [0.29, 0.717) is 12.3 Å². The predicted octanol–water partition coefficient (Wildman–Crippen LogP) is 1.21. The van der Waals surface area contributed by atoms with E-state index in [1.807, 2.05) is 24.3 Å². The Bertz CT molecular complexity index is 357. The second-order valence-corrected chi connectivity index (χ2v) is 3.07. The molecule has 0 fully saturated rings. The Hall–Kier alpha value is -1.81. The first-order chi connectivity index (χ1) is 7.76. The summed E-state index contributed by atoms with van der Waals surface area (Å²) in [4.78, 5) is 10.8. The number of rotatable bonds is 5. The molecule has 0 atom stereocenters. The Morgan fingerprint density at radius 2 is 2.06 bits per heavy atom. The zero-order chi connectivity index (χ0) is 11.8. The first-order valence-corrected chi connectivity index (χ1v) is 4.92. The third-order valence-electron chi connectivity index (χ3n) is 1.91. The van der Waals surface area contributed by atoms with Crippen LogP contribution in [0.2, 0.25) is 0 Å². The fourth-order valence-electron chi connectivity index (χ4n) is 1.08. The smallest absolute Gasteiger partial charge is 0.343 e. The Balaban J connectivity index is 2.51. The Kier molecular flexibility index (Phi) is 5.08. The van der Waals surface area contributed by atoms with E-state index in [1.165, 1.54) is 7.11 Å². The van der Waals surface area contributed by atoms with E-state index >= 15 is 0 Å². The molecule has 4 nitrogen and oxygen atoms in total. The van der Waals surface area contributed by atoms with Gasteiger partial charge in [0.25, 0.3) is 0 Å². The van der Waals surface area contributed by atoms with E-state index in [-0.39, 0.29) is 6.61 Å². The van der Waals surface area contributed by atoms with Crippen molar-refractivity contribution in [3.63, 3.8) is 0 Å². The molecule has 16 heavy (non-hydrogen) atoms. The van der Waals surface area contributed by atoms with E-state index < -0.39 is 5.97 Å². The minimum Gasteiger partial charge on any atom is -0.482 e. The standard InChI is InChI=1S/C12H15NO3/c1-15-12(14)9-16-11-6-4-10(5-7-11)3-2-8-13/h2-7H,8-9,13H2,1H3. The monoisotopic (exact) mass is 221 g/mol. The van der Waals surface area contributed by atoms with Crippen molar-refractivity contribution < 1.29 is 14.3 Å². The average molecular weight is 221 g/mol. The van der Waals surface area contributed by atoms with E-state index in [0.717, 1.165) is 5.56 Å². The molecule has 0 bridgehead atoms. The molecular weight excluding hydrogens is 206 g/mol. The van der Waals surface area contributed by atoms with Crippen molar-refractivity contribution in [3.8, 4) is 5.75 Å². The summed E-state index contributed by atoms with van der Waals surface area (Å²) in [5.41, 5.74) is 6.38. The van der Waals surface area contributed by atoms with Gasteiger partial charge in [0.2, 0.25) is 0 Å². The van der Waals surface area contributed by atoms with Gasteiger partial charge in [0.05, 0.1) is 7.11 Å². The van der Waals surface area contributed by atoms with Crippen molar-refractivity contribution >= 4 is 12.0 Å². The Labute approximate surface area is 94.7 Å². The minimum atomic E-state index is -0.396. The highest BCUT2D eigenvalue weighted by Crippen LogP contribution is 2.12. The van der Waals surface area contributed by atoms with Crippen molar-refractivity contribution in [1.82, 2.24) is 0 Å². The van der Waals surface area contributed by atoms with Gasteiger partial charge in [-0.25, -0.2) is 4.79 Å². The highest BCUT2D eigenvalue weighted by atomic mass is 16.6. The second-order valence-electron chi connectivity index (χ2n) is 3.07. The molecule has 0 saturated carbocycles. The van der Waals surface area contributed by atoms with Crippen molar-refractivity contribution in [2.75, 3.05) is 20.3 Å². The van der Waals surface area contributed by atoms with Crippen LogP contribution in [0.3, 0.4) is 0 Å². The van der Waals surface area contributed by atoms with Crippen LogP contribution in [0, 0.1) is 0 Å². The molecule has 0 saturated heterocycles. The molecule has 0 aliphatic rings. The zero-order valence-electron chi connectivity index (χ0n) is 9.18. The molecule has 0 aliphatic heterocycles. The van der Waals surface area contributed by atoms with Gasteiger partial charge in [-0.1, -0.05) is 24.3 Å². The van der Waals surface area contributed by atoms with Crippen molar-refractivity contribution in [1.29, 1.82) is 0 Å². The maximum Gasteiger partial charge on any atom is 0.343 e. The van der Waals surface area contributed by atoms with E-state index in [1.54, 1.807) is 12.1 Å². The lowest BCUT2D eigenvalue weighted by molar-refractivity contribution is -0.142. The van der Waals surface area contributed by atoms with Crippen molar-refractivity contribution in [3.05, 3.63) is 35.9 Å². The van der Waals surface area contributed by atoms with Crippen LogP contribution in [0.15, 0.2) is 30.3 Å². The number of carbonyl (C=O) groups excluding carboxylic acids is 1. The van der Waals surface area contributed by atoms with Crippen molar-refractivity contribution in [2.24, 2.45) is 5.73 Å². The largest absolute Gasteiger partial charge is 0.482 e. The highest BCUT2D eigenvalue weighted by Gasteiger charge is 2.00. The van der Waals surface area contributed by atoms with Gasteiger partial charge in [0, 0.05) is 6.54 Å². The first kappa shape index (κ1) is 12.3. The average Bonchev–Trinajstić information content (AvgIpc) is 2.34. The highest BCUT2D eigenvalue weighted by molar-refractivity contribution is 5.70. The maximum absolute atomic E-state index is 10.8. The zero-order valence-corrected chi connectivity index (χ0v) is 9.18. The summed E-state index contributed by atoms with van der Waals surface area (Å²) in [7, 11) is 1.33. The summed E-state index contributed by atoms with van der Waals surface area (Å²) in [6.45, 7) is 0.440. The van der Waals surface area contributed by atoms with Gasteiger partial charge in [0.15, 0.2) is 6.61 Å². The number of nitrogens with two attached hydrogens (primary N) is 1. The Morgan fingerprint density at radius 3 is 2.62 bits per heavy atom. The summed E-state index contributed by atoms with van der Waals surface area (Å²) in [6.07, 6.45) is 3.79. The number of esters is 1. The number of benzene rings is 1. The number of hydrogen-bond donors (Lipinski definition) is 1. The van der Waals surface area contributed by atoms with Crippen LogP contribution in [-0.4, -0.2) is 26.2 Å². The van der Waals surface area contributed by atoms with E-state index in [2.05, 4.69) is 4.74 Å². The number of carbonyl (C=O) groups is 1. The normalized spacial score (nSPS) is 10.4. The number of ether oxygens (including phenoxy) is 2. The third kappa shape index (κ3) is 4.14. The lowest BCUT2D eigenvalue weighted by Crippen LogP contribution is -2.12. The molecule has 1 aromatic carbocycles. The topological polar surface area (TPSA) is 61.5 Å². The van der Waals surface area contributed by atoms with Gasteiger partial charge in [-0.2, -0.15) is 0 Å². The summed E-state index contributed by atoms with van der Waals surface area (Å²) in [5.74, 6) is 0.238. The maximum atomic E-state index is 10.8. The first-order valence-electron chi connectivity index (χ1n) is 4.92. The van der Waals surface area contributed by atoms with Gasteiger partial charge >= 0.3 is 5.97 Å². The summed E-state index contributed by atoms with van der Waals surface area (Å²) < 4.78 is 9.65. The Morgan fingerprint density at radius 1 is 1.38 bits per heavy atom. The van der Waals surface area contributed by atoms with Crippen LogP contribution in [0.25, 0.3) is 6.08 Å². The van der Waals surface area contributed by atoms with Gasteiger partial charge in [0.1, 0.15) is 5.75 Å². The molecular formula is C12H15NO3. The predicted molar refractivity (Wildman–Crippen MR) is 62.0 cm³/mol. The van der Waals surface area contributed by atoms with Gasteiger partial charge in [-0.3, -0.25) is 0 Å². The van der Waals surface area contributed by atoms with Crippen LogP contribution in [0.1, 0.15) is 5.56 Å². The molecule has 0 unspecified atom stereocenters. The quantitative estimate of drug-likeness (QED) is 0.759. The van der Waals surface area contributed by atoms with Crippen LogP contribution in [-0.2, 0) is 9.53 Å². The SMILES string of the molecule is COC(=O)COc1ccc(C=CCN)cc1. The van der Waals surface area contributed by atoms with Crippen LogP contribution in [0.4, 0.5) is 0 Å². The van der Waals surface area contributed by atoms with Gasteiger partial charge in [-0.05, 0) is 17.7 Å². The van der Waals surface area contributed by atoms with Gasteiger partial charge < -0.3 is 15.2 Å². The molecule has 0 spiro atoms. The fourth-order valence-corrected chi connectivity index (χ4v) is 1.08. The minimum absolute atomic E-state index is 0.0749. The van der Waals surface area contributed by atoms with E-state index in [9.17, 15) is 4.79 Å². The molecule has 0 radical (unpaired) electrons. The molecule has 86 valence electrons. The van der Waals surface area contributed by atoms with Crippen LogP contribution >= 0.6 is 0 Å². The van der Waals surface area contributed by atoms with Gasteiger partial charge in [-0.15, -0.1) is 0 Å². The molecule has 2 N–H and O–H groups in total. The molecule has 0 amide bonds. The number of methoxy groups -OCH3 is 1. The van der Waals surface area contributed by atoms with Crippen molar-refractivity contribution in [2.45, 2.75) is 0 Å². The lowest BCUT2D eigenvalue weighted by Gasteiger charge is -2.04. The van der Waals surface area contributed by atoms with Crippen LogP contribution < -0.4 is 10.5 Å². The third-order valence-corrected chi connectivity index (χ3v) is 1.91. The molecule has 1 aromatic rings. The molecule has 1 rings (SSSR count). The number of hydrogen-bond acceptors (Lipinski definition) is 4. The van der Waals surface area contributed by atoms with Crippen LogP contribution in [0.5, 0.6) is 5.75 Å². The summed E-state index contributed by atoms with van der Waals surface area (Å²) in [5, 5.41) is 0. The summed E-state index contributed by atoms with van der Waals surface area (Å²) >= 11 is 0. The summed E-state index contributed by atoms with van der Waals surface area (Å²) in [6, 6.07) is 7.36. The fraction of sp³-hybridized carbons (Fsp3) is 0.250. The van der Waals surface area contributed by atoms with E-state index in [4.69, 9.17) is 10.5 Å².